The molecule has 1 saturated heterocycles. The number of nitrogens with zero attached hydrogens (tertiary/aromatic N) is 3. The standard InChI is InChI=1S/C22H23N3O5S/c26-21(10-13-31(27,28)18-6-2-1-3-7-18)25-11-12-29-17(14-25)15-30-22-19-8-4-5-9-20(19)23-16-24-22/h1-9,16-17H,10-15H2. The van der Waals surface area contributed by atoms with Crippen LogP contribution in [0.15, 0.2) is 65.8 Å². The number of para-hydroxylation sites is 1. The Morgan fingerprint density at radius 3 is 2.71 bits per heavy atom. The largest absolute Gasteiger partial charge is 0.474 e. The van der Waals surface area contributed by atoms with Gasteiger partial charge in [0.25, 0.3) is 0 Å². The molecule has 0 N–H and O–H groups in total. The number of carbonyl (C=O) groups is 1. The van der Waals surface area contributed by atoms with Crippen LogP contribution in [0.4, 0.5) is 0 Å². The molecular weight excluding hydrogens is 418 g/mol. The van der Waals surface area contributed by atoms with E-state index in [9.17, 15) is 13.2 Å². The van der Waals surface area contributed by atoms with Gasteiger partial charge >= 0.3 is 0 Å². The lowest BCUT2D eigenvalue weighted by Crippen LogP contribution is -2.48. The monoisotopic (exact) mass is 441 g/mol. The van der Waals surface area contributed by atoms with Gasteiger partial charge in [-0.3, -0.25) is 4.79 Å². The first-order valence-corrected chi connectivity index (χ1v) is 11.7. The van der Waals surface area contributed by atoms with Crippen LogP contribution in [0, 0.1) is 0 Å². The van der Waals surface area contributed by atoms with Crippen molar-refractivity contribution in [2.45, 2.75) is 17.4 Å². The second-order valence-corrected chi connectivity index (χ2v) is 9.33. The Bertz CT molecular complexity index is 1150. The summed E-state index contributed by atoms with van der Waals surface area (Å²) in [6, 6.07) is 15.7. The van der Waals surface area contributed by atoms with Crippen LogP contribution in [0.1, 0.15) is 6.42 Å². The SMILES string of the molecule is O=C(CCS(=O)(=O)c1ccccc1)N1CCOC(COc2ncnc3ccccc23)C1. The second-order valence-electron chi connectivity index (χ2n) is 7.22. The predicted molar refractivity (Wildman–Crippen MR) is 114 cm³/mol. The van der Waals surface area contributed by atoms with Crippen LogP contribution >= 0.6 is 0 Å². The zero-order valence-corrected chi connectivity index (χ0v) is 17.7. The van der Waals surface area contributed by atoms with Crippen molar-refractivity contribution in [2.75, 3.05) is 32.1 Å². The van der Waals surface area contributed by atoms with E-state index in [1.54, 1.807) is 35.2 Å². The van der Waals surface area contributed by atoms with Crippen LogP contribution in [0.5, 0.6) is 5.88 Å². The number of benzene rings is 2. The van der Waals surface area contributed by atoms with Gasteiger partial charge in [-0.05, 0) is 24.3 Å². The topological polar surface area (TPSA) is 98.7 Å². The Hall–Kier alpha value is -3.04. The number of fused-ring (bicyclic) bond motifs is 1. The highest BCUT2D eigenvalue weighted by atomic mass is 32.2. The number of rotatable bonds is 7. The van der Waals surface area contributed by atoms with Crippen molar-refractivity contribution in [3.05, 3.63) is 60.9 Å². The predicted octanol–water partition coefficient (Wildman–Crippen LogP) is 2.10. The first-order valence-electron chi connectivity index (χ1n) is 10.0. The third-order valence-corrected chi connectivity index (χ3v) is 6.82. The quantitative estimate of drug-likeness (QED) is 0.554. The van der Waals surface area contributed by atoms with E-state index in [2.05, 4.69) is 9.97 Å². The van der Waals surface area contributed by atoms with Gasteiger partial charge in [0, 0.05) is 13.0 Å². The van der Waals surface area contributed by atoms with Crippen molar-refractivity contribution in [1.29, 1.82) is 0 Å². The minimum atomic E-state index is -3.49. The highest BCUT2D eigenvalue weighted by molar-refractivity contribution is 7.91. The zero-order valence-electron chi connectivity index (χ0n) is 16.9. The molecule has 0 spiro atoms. The fourth-order valence-electron chi connectivity index (χ4n) is 3.44. The van der Waals surface area contributed by atoms with Gasteiger partial charge in [0.15, 0.2) is 9.84 Å². The summed E-state index contributed by atoms with van der Waals surface area (Å²) < 4.78 is 36.4. The molecule has 0 saturated carbocycles. The smallest absolute Gasteiger partial charge is 0.224 e. The molecule has 1 aliphatic heterocycles. The van der Waals surface area contributed by atoms with E-state index in [0.29, 0.717) is 25.6 Å². The van der Waals surface area contributed by atoms with Crippen LogP contribution < -0.4 is 4.74 Å². The van der Waals surface area contributed by atoms with Gasteiger partial charge in [-0.2, -0.15) is 0 Å². The van der Waals surface area contributed by atoms with Crippen molar-refractivity contribution in [3.8, 4) is 5.88 Å². The highest BCUT2D eigenvalue weighted by Crippen LogP contribution is 2.21. The van der Waals surface area contributed by atoms with Crippen molar-refractivity contribution < 1.29 is 22.7 Å². The molecule has 31 heavy (non-hydrogen) atoms. The number of morpholine rings is 1. The maximum absolute atomic E-state index is 12.6. The van der Waals surface area contributed by atoms with Crippen LogP contribution in [0.3, 0.4) is 0 Å². The first kappa shape index (κ1) is 21.2. The van der Waals surface area contributed by atoms with Gasteiger partial charge in [-0.25, -0.2) is 18.4 Å². The molecule has 4 rings (SSSR count). The molecule has 1 amide bonds. The van der Waals surface area contributed by atoms with Crippen LogP contribution in [0.2, 0.25) is 0 Å². The minimum absolute atomic E-state index is 0.0681. The van der Waals surface area contributed by atoms with Crippen LogP contribution in [-0.2, 0) is 19.4 Å². The molecule has 9 heteroatoms. The van der Waals surface area contributed by atoms with Gasteiger partial charge in [-0.15, -0.1) is 0 Å². The van der Waals surface area contributed by atoms with Crippen molar-refractivity contribution >= 4 is 26.6 Å². The van der Waals surface area contributed by atoms with E-state index < -0.39 is 9.84 Å². The summed E-state index contributed by atoms with van der Waals surface area (Å²) in [6.45, 7) is 1.37. The van der Waals surface area contributed by atoms with E-state index in [1.807, 2.05) is 24.3 Å². The molecule has 162 valence electrons. The van der Waals surface area contributed by atoms with E-state index >= 15 is 0 Å². The molecule has 1 atom stereocenters. The number of aromatic nitrogens is 2. The Morgan fingerprint density at radius 1 is 1.10 bits per heavy atom. The summed E-state index contributed by atoms with van der Waals surface area (Å²) in [5, 5.41) is 0.805. The third kappa shape index (κ3) is 5.18. The summed E-state index contributed by atoms with van der Waals surface area (Å²) >= 11 is 0. The van der Waals surface area contributed by atoms with E-state index in [1.165, 1.54) is 6.33 Å². The van der Waals surface area contributed by atoms with E-state index in [0.717, 1.165) is 10.9 Å². The highest BCUT2D eigenvalue weighted by Gasteiger charge is 2.26. The normalized spacial score (nSPS) is 16.9. The molecule has 0 bridgehead atoms. The van der Waals surface area contributed by atoms with E-state index in [-0.39, 0.29) is 35.7 Å². The van der Waals surface area contributed by atoms with Gasteiger partial charge in [-0.1, -0.05) is 30.3 Å². The minimum Gasteiger partial charge on any atom is -0.474 e. The lowest BCUT2D eigenvalue weighted by atomic mass is 10.2. The molecule has 1 unspecified atom stereocenters. The summed E-state index contributed by atoms with van der Waals surface area (Å²) in [7, 11) is -3.49. The van der Waals surface area contributed by atoms with Crippen molar-refractivity contribution in [1.82, 2.24) is 14.9 Å². The first-order chi connectivity index (χ1) is 15.0. The number of ether oxygens (including phenoxy) is 2. The second kappa shape index (κ2) is 9.40. The summed E-state index contributed by atoms with van der Waals surface area (Å²) in [5.41, 5.74) is 0.786. The summed E-state index contributed by atoms with van der Waals surface area (Å²) in [4.78, 5) is 22.9. The number of hydrogen-bond acceptors (Lipinski definition) is 7. The molecule has 8 nitrogen and oxygen atoms in total. The molecular formula is C22H23N3O5S. The summed E-state index contributed by atoms with van der Waals surface area (Å²) in [5.74, 6) is 0.0354. The van der Waals surface area contributed by atoms with Crippen molar-refractivity contribution in [3.63, 3.8) is 0 Å². The number of hydrogen-bond donors (Lipinski definition) is 0. The maximum Gasteiger partial charge on any atom is 0.224 e. The average Bonchev–Trinajstić information content (AvgIpc) is 2.82. The lowest BCUT2D eigenvalue weighted by molar-refractivity contribution is -0.139. The molecule has 0 aliphatic carbocycles. The van der Waals surface area contributed by atoms with Crippen LogP contribution in [-0.4, -0.2) is 67.4 Å². The zero-order chi connectivity index (χ0) is 21.7. The number of sulfone groups is 1. The molecule has 0 radical (unpaired) electrons. The van der Waals surface area contributed by atoms with Gasteiger partial charge in [0.2, 0.25) is 11.8 Å². The molecule has 1 aromatic heterocycles. The van der Waals surface area contributed by atoms with Gasteiger partial charge in [0.05, 0.1) is 34.7 Å². The lowest BCUT2D eigenvalue weighted by Gasteiger charge is -2.32. The molecule has 2 heterocycles. The number of carbonyl (C=O) groups excluding carboxylic acids is 1. The fourth-order valence-corrected chi connectivity index (χ4v) is 4.69. The summed E-state index contributed by atoms with van der Waals surface area (Å²) in [6.07, 6.45) is 1.06. The van der Waals surface area contributed by atoms with Crippen LogP contribution in [0.25, 0.3) is 10.9 Å². The third-order valence-electron chi connectivity index (χ3n) is 5.09. The Morgan fingerprint density at radius 2 is 1.87 bits per heavy atom. The van der Waals surface area contributed by atoms with Crippen molar-refractivity contribution in [2.24, 2.45) is 0 Å². The molecule has 3 aromatic rings. The Kier molecular flexibility index (Phi) is 6.43. The van der Waals surface area contributed by atoms with E-state index in [4.69, 9.17) is 9.47 Å². The molecule has 1 fully saturated rings. The average molecular weight is 442 g/mol. The molecule has 1 aliphatic rings. The fraction of sp³-hybridized carbons (Fsp3) is 0.318. The molecule has 2 aromatic carbocycles. The van der Waals surface area contributed by atoms with Gasteiger partial charge < -0.3 is 14.4 Å². The maximum atomic E-state index is 12.6. The number of amides is 1. The Labute approximate surface area is 180 Å². The van der Waals surface area contributed by atoms with Gasteiger partial charge in [0.1, 0.15) is 19.0 Å². The Balaban J connectivity index is 1.32.